The Balaban J connectivity index is 1.63. The zero-order valence-electron chi connectivity index (χ0n) is 14.5. The number of likely N-dealkylation sites (N-methyl/N-ethyl adjacent to an activating group) is 1. The summed E-state index contributed by atoms with van der Waals surface area (Å²) < 4.78 is 5.24. The molecule has 0 spiro atoms. The molecule has 0 aliphatic carbocycles. The van der Waals surface area contributed by atoms with Crippen LogP contribution in [-0.2, 0) is 4.79 Å². The Bertz CT molecular complexity index is 1070. The summed E-state index contributed by atoms with van der Waals surface area (Å²) in [6, 6.07) is 19.5. The van der Waals surface area contributed by atoms with E-state index in [4.69, 9.17) is 4.74 Å². The lowest BCUT2D eigenvalue weighted by Gasteiger charge is -2.07. The van der Waals surface area contributed by atoms with Crippen molar-refractivity contribution in [1.82, 2.24) is 0 Å². The maximum Gasteiger partial charge on any atom is 0.279 e. The van der Waals surface area contributed by atoms with Gasteiger partial charge in [-0.1, -0.05) is 36.4 Å². The van der Waals surface area contributed by atoms with Crippen LogP contribution in [0.3, 0.4) is 0 Å². The summed E-state index contributed by atoms with van der Waals surface area (Å²) in [7, 11) is 3.40. The van der Waals surface area contributed by atoms with E-state index >= 15 is 0 Å². The monoisotopic (exact) mass is 343 g/mol. The molecule has 0 radical (unpaired) electrons. The number of rotatable bonds is 3. The van der Waals surface area contributed by atoms with Gasteiger partial charge in [-0.25, -0.2) is 0 Å². The lowest BCUT2D eigenvalue weighted by atomic mass is 10.1. The highest BCUT2D eigenvalue weighted by Gasteiger charge is 2.30. The molecule has 1 aliphatic heterocycles. The fourth-order valence-electron chi connectivity index (χ4n) is 3.05. The number of ether oxygens (including phenoxy) is 1. The van der Waals surface area contributed by atoms with Gasteiger partial charge >= 0.3 is 0 Å². The number of nitrogens with zero attached hydrogens (tertiary/aromatic N) is 3. The number of para-hydroxylation sites is 1. The second-order valence-electron chi connectivity index (χ2n) is 6.05. The molecule has 0 saturated carbocycles. The van der Waals surface area contributed by atoms with Gasteiger partial charge in [0.1, 0.15) is 5.75 Å². The Kier molecular flexibility index (Phi) is 3.97. The van der Waals surface area contributed by atoms with Gasteiger partial charge in [-0.15, -0.1) is 5.10 Å². The minimum atomic E-state index is -0.144. The fourth-order valence-corrected chi connectivity index (χ4v) is 3.05. The van der Waals surface area contributed by atoms with Crippen molar-refractivity contribution >= 4 is 34.3 Å². The van der Waals surface area contributed by atoms with Crippen molar-refractivity contribution in [2.75, 3.05) is 19.1 Å². The molecule has 4 rings (SSSR count). The van der Waals surface area contributed by atoms with Gasteiger partial charge in [-0.2, -0.15) is 5.10 Å². The van der Waals surface area contributed by atoms with Crippen molar-refractivity contribution in [3.05, 3.63) is 71.8 Å². The number of amides is 1. The first-order valence-electron chi connectivity index (χ1n) is 8.23. The zero-order valence-corrected chi connectivity index (χ0v) is 14.5. The smallest absolute Gasteiger partial charge is 0.279 e. The second kappa shape index (κ2) is 6.44. The van der Waals surface area contributed by atoms with Crippen LogP contribution in [0.4, 0.5) is 5.69 Å². The highest BCUT2D eigenvalue weighted by Crippen LogP contribution is 2.27. The molecule has 5 nitrogen and oxygen atoms in total. The summed E-state index contributed by atoms with van der Waals surface area (Å²) in [5, 5.41) is 10.5. The first-order valence-corrected chi connectivity index (χ1v) is 8.23. The van der Waals surface area contributed by atoms with Gasteiger partial charge in [0, 0.05) is 12.6 Å². The first-order chi connectivity index (χ1) is 12.7. The molecule has 0 bridgehead atoms. The Morgan fingerprint density at radius 1 is 1.00 bits per heavy atom. The van der Waals surface area contributed by atoms with Gasteiger partial charge in [0.2, 0.25) is 0 Å². The van der Waals surface area contributed by atoms with Crippen LogP contribution in [0.15, 0.2) is 70.9 Å². The average molecular weight is 343 g/mol. The Hall–Kier alpha value is -3.47. The third kappa shape index (κ3) is 2.73. The van der Waals surface area contributed by atoms with E-state index in [0.717, 1.165) is 33.3 Å². The van der Waals surface area contributed by atoms with E-state index in [9.17, 15) is 4.79 Å². The first kappa shape index (κ1) is 16.0. The van der Waals surface area contributed by atoms with E-state index in [2.05, 4.69) is 10.2 Å². The van der Waals surface area contributed by atoms with Crippen molar-refractivity contribution in [3.8, 4) is 5.75 Å². The maximum atomic E-state index is 12.3. The molecular weight excluding hydrogens is 326 g/mol. The van der Waals surface area contributed by atoms with Crippen LogP contribution >= 0.6 is 0 Å². The van der Waals surface area contributed by atoms with E-state index in [1.807, 2.05) is 60.7 Å². The summed E-state index contributed by atoms with van der Waals surface area (Å²) in [6.07, 6.45) is 1.66. The summed E-state index contributed by atoms with van der Waals surface area (Å²) >= 11 is 0. The molecule has 128 valence electrons. The number of methoxy groups -OCH3 is 1. The average Bonchev–Trinajstić information content (AvgIpc) is 2.92. The minimum Gasteiger partial charge on any atom is -0.497 e. The van der Waals surface area contributed by atoms with Crippen molar-refractivity contribution in [2.45, 2.75) is 0 Å². The molecule has 1 amide bonds. The predicted octanol–water partition coefficient (Wildman–Crippen LogP) is 3.65. The molecule has 1 heterocycles. The molecule has 3 aromatic carbocycles. The SMILES string of the molecule is COc1ccc2cc(/C=N\N=C3/C(=O)N(C)c4ccccc43)ccc2c1. The van der Waals surface area contributed by atoms with Crippen molar-refractivity contribution in [1.29, 1.82) is 0 Å². The van der Waals surface area contributed by atoms with Gasteiger partial charge in [0.05, 0.1) is 19.0 Å². The molecule has 0 saturated heterocycles. The molecule has 0 fully saturated rings. The number of hydrogen-bond donors (Lipinski definition) is 0. The summed E-state index contributed by atoms with van der Waals surface area (Å²) in [5.41, 5.74) is 2.94. The zero-order chi connectivity index (χ0) is 18.1. The molecule has 3 aromatic rings. The van der Waals surface area contributed by atoms with E-state index < -0.39 is 0 Å². The highest BCUT2D eigenvalue weighted by atomic mass is 16.5. The van der Waals surface area contributed by atoms with Crippen LogP contribution in [-0.4, -0.2) is 32.0 Å². The quantitative estimate of drug-likeness (QED) is 0.538. The Morgan fingerprint density at radius 3 is 2.62 bits per heavy atom. The number of benzene rings is 3. The van der Waals surface area contributed by atoms with Gasteiger partial charge in [0.25, 0.3) is 5.91 Å². The van der Waals surface area contributed by atoms with E-state index in [0.29, 0.717) is 5.71 Å². The molecule has 0 unspecified atom stereocenters. The molecule has 0 atom stereocenters. The van der Waals surface area contributed by atoms with Gasteiger partial charge in [-0.3, -0.25) is 4.79 Å². The van der Waals surface area contributed by atoms with Gasteiger partial charge in [0.15, 0.2) is 5.71 Å². The van der Waals surface area contributed by atoms with Crippen molar-refractivity contribution < 1.29 is 9.53 Å². The third-order valence-corrected chi connectivity index (χ3v) is 4.46. The van der Waals surface area contributed by atoms with Gasteiger partial charge < -0.3 is 9.64 Å². The lowest BCUT2D eigenvalue weighted by molar-refractivity contribution is -0.111. The normalized spacial score (nSPS) is 15.2. The lowest BCUT2D eigenvalue weighted by Crippen LogP contribution is -2.25. The van der Waals surface area contributed by atoms with Gasteiger partial charge in [-0.05, 0) is 40.6 Å². The minimum absolute atomic E-state index is 0.144. The van der Waals surface area contributed by atoms with Crippen LogP contribution in [0.1, 0.15) is 11.1 Å². The summed E-state index contributed by atoms with van der Waals surface area (Å²) in [6.45, 7) is 0. The highest BCUT2D eigenvalue weighted by molar-refractivity contribution is 6.54. The third-order valence-electron chi connectivity index (χ3n) is 4.46. The fraction of sp³-hybridized carbons (Fsp3) is 0.0952. The van der Waals surface area contributed by atoms with Crippen LogP contribution in [0.25, 0.3) is 10.8 Å². The number of fused-ring (bicyclic) bond motifs is 2. The summed E-state index contributed by atoms with van der Waals surface area (Å²) in [4.78, 5) is 13.9. The summed E-state index contributed by atoms with van der Waals surface area (Å²) in [5.74, 6) is 0.682. The number of hydrogen-bond acceptors (Lipinski definition) is 4. The molecule has 5 heteroatoms. The van der Waals surface area contributed by atoms with Crippen LogP contribution in [0.2, 0.25) is 0 Å². The molecule has 0 aromatic heterocycles. The topological polar surface area (TPSA) is 54.3 Å². The van der Waals surface area contributed by atoms with Crippen LogP contribution in [0.5, 0.6) is 5.75 Å². The number of anilines is 1. The molecule has 26 heavy (non-hydrogen) atoms. The number of carbonyl (C=O) groups is 1. The van der Waals surface area contributed by atoms with E-state index in [1.165, 1.54) is 0 Å². The largest absolute Gasteiger partial charge is 0.497 e. The van der Waals surface area contributed by atoms with Crippen LogP contribution < -0.4 is 9.64 Å². The van der Waals surface area contributed by atoms with Crippen molar-refractivity contribution in [3.63, 3.8) is 0 Å². The number of carbonyl (C=O) groups excluding carboxylic acids is 1. The van der Waals surface area contributed by atoms with Crippen molar-refractivity contribution in [2.24, 2.45) is 10.2 Å². The molecular formula is C21H17N3O2. The molecule has 1 aliphatic rings. The van der Waals surface area contributed by atoms with E-state index in [1.54, 1.807) is 25.3 Å². The standard InChI is InChI=1S/C21H17N3O2/c1-24-19-6-4-3-5-18(19)20(21(24)25)23-22-13-14-7-8-16-12-17(26-2)10-9-15(16)11-14/h3-13H,1-2H3/b22-13-,23-20-. The maximum absolute atomic E-state index is 12.3. The van der Waals surface area contributed by atoms with Crippen LogP contribution in [0, 0.1) is 0 Å². The second-order valence-corrected chi connectivity index (χ2v) is 6.05. The Labute approximate surface area is 151 Å². The molecule has 0 N–H and O–H groups in total. The van der Waals surface area contributed by atoms with E-state index in [-0.39, 0.29) is 5.91 Å². The Morgan fingerprint density at radius 2 is 1.77 bits per heavy atom. The predicted molar refractivity (Wildman–Crippen MR) is 104 cm³/mol.